The highest BCUT2D eigenvalue weighted by Gasteiger charge is 1.89. The van der Waals surface area contributed by atoms with Crippen molar-refractivity contribution < 1.29 is 9.84 Å². The van der Waals surface area contributed by atoms with Crippen LogP contribution < -0.4 is 0 Å². The van der Waals surface area contributed by atoms with Crippen molar-refractivity contribution in [2.24, 2.45) is 0 Å². The second-order valence-electron chi connectivity index (χ2n) is 3.88. The Morgan fingerprint density at radius 1 is 1.00 bits per heavy atom. The van der Waals surface area contributed by atoms with Gasteiger partial charge in [0, 0.05) is 0 Å². The zero-order valence-corrected chi connectivity index (χ0v) is 10.1. The number of hydrogen-bond acceptors (Lipinski definition) is 2. The molecule has 0 unspecified atom stereocenters. The van der Waals surface area contributed by atoms with Crippen LogP contribution >= 0.6 is 0 Å². The maximum absolute atomic E-state index is 8.45. The van der Waals surface area contributed by atoms with E-state index in [2.05, 4.69) is 6.92 Å². The highest BCUT2D eigenvalue weighted by Crippen LogP contribution is 2.08. The summed E-state index contributed by atoms with van der Waals surface area (Å²) in [7, 11) is 0. The summed E-state index contributed by atoms with van der Waals surface area (Å²) in [5, 5.41) is 8.45. The Morgan fingerprint density at radius 2 is 1.67 bits per heavy atom. The normalized spacial score (nSPS) is 11.1. The first kappa shape index (κ1) is 14.5. The summed E-state index contributed by atoms with van der Waals surface area (Å²) in [6, 6.07) is 0. The van der Waals surface area contributed by atoms with Crippen molar-refractivity contribution in [3.63, 3.8) is 0 Å². The number of ether oxygens (including phenoxy) is 1. The van der Waals surface area contributed by atoms with Gasteiger partial charge in [0.2, 0.25) is 0 Å². The maximum Gasteiger partial charge on any atom is 0.110 e. The molecule has 0 aromatic heterocycles. The molecule has 1 N–H and O–H groups in total. The zero-order chi connectivity index (χ0) is 11.2. The molecule has 0 aliphatic rings. The Hall–Kier alpha value is -0.500. The molecule has 0 aromatic rings. The first-order valence-corrected chi connectivity index (χ1v) is 6.29. The molecule has 0 aliphatic carbocycles. The Morgan fingerprint density at radius 3 is 2.33 bits per heavy atom. The van der Waals surface area contributed by atoms with Crippen LogP contribution in [0.5, 0.6) is 0 Å². The standard InChI is InChI=1S/C13H26O2/c1-2-3-4-5-6-7-8-9-10-12-15-13-11-14/h10,12,14H,2-9,11,13H2,1H3. The van der Waals surface area contributed by atoms with Crippen molar-refractivity contribution in [1.29, 1.82) is 0 Å². The first-order chi connectivity index (χ1) is 7.41. The molecule has 0 aliphatic heterocycles. The topological polar surface area (TPSA) is 29.5 Å². The van der Waals surface area contributed by atoms with E-state index in [0.717, 1.165) is 6.42 Å². The van der Waals surface area contributed by atoms with Gasteiger partial charge in [0.15, 0.2) is 0 Å². The molecule has 0 saturated carbocycles. The lowest BCUT2D eigenvalue weighted by molar-refractivity contribution is 0.165. The summed E-state index contributed by atoms with van der Waals surface area (Å²) < 4.78 is 5.01. The zero-order valence-electron chi connectivity index (χ0n) is 10.1. The fourth-order valence-corrected chi connectivity index (χ4v) is 1.48. The second-order valence-corrected chi connectivity index (χ2v) is 3.88. The Bertz CT molecular complexity index is 132. The molecule has 0 saturated heterocycles. The molecular formula is C13H26O2. The fraction of sp³-hybridized carbons (Fsp3) is 0.846. The average Bonchev–Trinajstić information content (AvgIpc) is 2.26. The minimum absolute atomic E-state index is 0.0990. The molecule has 0 amide bonds. The van der Waals surface area contributed by atoms with Gasteiger partial charge in [0.1, 0.15) is 6.61 Å². The van der Waals surface area contributed by atoms with Gasteiger partial charge >= 0.3 is 0 Å². The quantitative estimate of drug-likeness (QED) is 0.420. The molecule has 0 radical (unpaired) electrons. The van der Waals surface area contributed by atoms with E-state index in [9.17, 15) is 0 Å². The monoisotopic (exact) mass is 214 g/mol. The van der Waals surface area contributed by atoms with Crippen molar-refractivity contribution in [2.75, 3.05) is 13.2 Å². The van der Waals surface area contributed by atoms with Crippen LogP contribution in [0.25, 0.3) is 0 Å². The number of unbranched alkanes of at least 4 members (excludes halogenated alkanes) is 7. The highest BCUT2D eigenvalue weighted by molar-refractivity contribution is 4.73. The molecular weight excluding hydrogens is 188 g/mol. The lowest BCUT2D eigenvalue weighted by atomic mass is 10.1. The van der Waals surface area contributed by atoms with Gasteiger partial charge in [-0.2, -0.15) is 0 Å². The molecule has 0 aromatic carbocycles. The van der Waals surface area contributed by atoms with E-state index in [0.29, 0.717) is 6.61 Å². The number of allylic oxidation sites excluding steroid dienone is 1. The smallest absolute Gasteiger partial charge is 0.110 e. The van der Waals surface area contributed by atoms with E-state index >= 15 is 0 Å². The van der Waals surface area contributed by atoms with Gasteiger partial charge < -0.3 is 9.84 Å². The minimum Gasteiger partial charge on any atom is -0.499 e. The van der Waals surface area contributed by atoms with Gasteiger partial charge in [-0.1, -0.05) is 45.4 Å². The Kier molecular flexibility index (Phi) is 13.1. The molecule has 0 fully saturated rings. The van der Waals surface area contributed by atoms with Crippen LogP contribution in [-0.2, 0) is 4.74 Å². The average molecular weight is 214 g/mol. The van der Waals surface area contributed by atoms with E-state index in [1.165, 1.54) is 44.9 Å². The van der Waals surface area contributed by atoms with Crippen LogP contribution in [0.4, 0.5) is 0 Å². The van der Waals surface area contributed by atoms with Crippen molar-refractivity contribution in [2.45, 2.75) is 58.3 Å². The van der Waals surface area contributed by atoms with Crippen LogP contribution in [-0.4, -0.2) is 18.3 Å². The third-order valence-corrected chi connectivity index (χ3v) is 2.38. The van der Waals surface area contributed by atoms with Crippen molar-refractivity contribution in [1.82, 2.24) is 0 Å². The van der Waals surface area contributed by atoms with Gasteiger partial charge in [-0.3, -0.25) is 0 Å². The lowest BCUT2D eigenvalue weighted by Gasteiger charge is -1.99. The third kappa shape index (κ3) is 13.5. The molecule has 0 rings (SSSR count). The maximum atomic E-state index is 8.45. The van der Waals surface area contributed by atoms with Crippen LogP contribution in [0.15, 0.2) is 12.3 Å². The number of hydrogen-bond donors (Lipinski definition) is 1. The summed E-state index contributed by atoms with van der Waals surface area (Å²) in [4.78, 5) is 0. The van der Waals surface area contributed by atoms with Crippen LogP contribution in [0, 0.1) is 0 Å². The van der Waals surface area contributed by atoms with Crippen LogP contribution in [0.1, 0.15) is 58.3 Å². The molecule has 2 heteroatoms. The second kappa shape index (κ2) is 13.5. The van der Waals surface area contributed by atoms with Crippen molar-refractivity contribution >= 4 is 0 Å². The fourth-order valence-electron chi connectivity index (χ4n) is 1.48. The number of aliphatic hydroxyl groups is 1. The molecule has 0 spiro atoms. The van der Waals surface area contributed by atoms with Gasteiger partial charge in [-0.05, 0) is 18.9 Å². The lowest BCUT2D eigenvalue weighted by Crippen LogP contribution is -1.91. The number of rotatable bonds is 11. The van der Waals surface area contributed by atoms with Crippen molar-refractivity contribution in [3.05, 3.63) is 12.3 Å². The predicted octanol–water partition coefficient (Wildman–Crippen LogP) is 3.65. The Balaban J connectivity index is 2.95. The summed E-state index contributed by atoms with van der Waals surface area (Å²) in [5.74, 6) is 0. The van der Waals surface area contributed by atoms with Gasteiger partial charge in [0.25, 0.3) is 0 Å². The van der Waals surface area contributed by atoms with Gasteiger partial charge in [-0.25, -0.2) is 0 Å². The Labute approximate surface area is 94.3 Å². The van der Waals surface area contributed by atoms with Crippen LogP contribution in [0.2, 0.25) is 0 Å². The van der Waals surface area contributed by atoms with Crippen LogP contribution in [0.3, 0.4) is 0 Å². The summed E-state index contributed by atoms with van der Waals surface area (Å²) in [5.41, 5.74) is 0. The summed E-state index contributed by atoms with van der Waals surface area (Å²) >= 11 is 0. The van der Waals surface area contributed by atoms with E-state index < -0.39 is 0 Å². The van der Waals surface area contributed by atoms with Gasteiger partial charge in [-0.15, -0.1) is 0 Å². The summed E-state index contributed by atoms with van der Waals surface area (Å²) in [6.07, 6.45) is 14.3. The largest absolute Gasteiger partial charge is 0.499 e. The molecule has 0 bridgehead atoms. The molecule has 90 valence electrons. The molecule has 0 atom stereocenters. The van der Waals surface area contributed by atoms with Gasteiger partial charge in [0.05, 0.1) is 12.9 Å². The minimum atomic E-state index is 0.0990. The predicted molar refractivity (Wildman–Crippen MR) is 64.8 cm³/mol. The van der Waals surface area contributed by atoms with Crippen molar-refractivity contribution in [3.8, 4) is 0 Å². The highest BCUT2D eigenvalue weighted by atomic mass is 16.5. The molecule has 0 heterocycles. The number of aliphatic hydroxyl groups excluding tert-OH is 1. The van der Waals surface area contributed by atoms with E-state index in [-0.39, 0.29) is 6.61 Å². The van der Waals surface area contributed by atoms with E-state index in [1.54, 1.807) is 6.26 Å². The molecule has 15 heavy (non-hydrogen) atoms. The molecule has 2 nitrogen and oxygen atoms in total. The summed E-state index contributed by atoms with van der Waals surface area (Å²) in [6.45, 7) is 2.76. The third-order valence-electron chi connectivity index (χ3n) is 2.38. The van der Waals surface area contributed by atoms with E-state index in [4.69, 9.17) is 9.84 Å². The SMILES string of the molecule is CCCCCCCCCC=COCCO. The first-order valence-electron chi connectivity index (χ1n) is 6.29. The van der Waals surface area contributed by atoms with E-state index in [1.807, 2.05) is 6.08 Å².